The van der Waals surface area contributed by atoms with Gasteiger partial charge in [-0.1, -0.05) is 6.92 Å². The number of piperidine rings is 1. The molecule has 1 fully saturated rings. The average Bonchev–Trinajstić information content (AvgIpc) is 2.18. The SMILES string of the molecule is CC(C)(C)OC(=O)NC[C@]1(C)CCNC[C@H]1O. The van der Waals surface area contributed by atoms with Gasteiger partial charge in [0.25, 0.3) is 0 Å². The molecule has 1 aliphatic rings. The molecule has 2 atom stereocenters. The van der Waals surface area contributed by atoms with E-state index in [1.165, 1.54) is 0 Å². The maximum absolute atomic E-state index is 11.5. The second-order valence-corrected chi connectivity index (χ2v) is 5.98. The molecule has 1 saturated heterocycles. The van der Waals surface area contributed by atoms with E-state index in [9.17, 15) is 9.90 Å². The molecule has 0 unspecified atom stereocenters. The largest absolute Gasteiger partial charge is 0.444 e. The lowest BCUT2D eigenvalue weighted by molar-refractivity contribution is 0.00702. The fourth-order valence-corrected chi connectivity index (χ4v) is 1.82. The Morgan fingerprint density at radius 1 is 1.59 bits per heavy atom. The Morgan fingerprint density at radius 2 is 2.24 bits per heavy atom. The van der Waals surface area contributed by atoms with Gasteiger partial charge in [0.1, 0.15) is 5.60 Å². The Bertz CT molecular complexity index is 275. The zero-order chi connectivity index (χ0) is 13.1. The number of hydrogen-bond donors (Lipinski definition) is 3. The summed E-state index contributed by atoms with van der Waals surface area (Å²) in [7, 11) is 0. The number of hydrogen-bond acceptors (Lipinski definition) is 4. The van der Waals surface area contributed by atoms with Crippen molar-refractivity contribution in [1.29, 1.82) is 0 Å². The smallest absolute Gasteiger partial charge is 0.407 e. The van der Waals surface area contributed by atoms with Crippen LogP contribution in [-0.2, 0) is 4.74 Å². The Balaban J connectivity index is 2.41. The second-order valence-electron chi connectivity index (χ2n) is 5.98. The van der Waals surface area contributed by atoms with Gasteiger partial charge < -0.3 is 20.5 Å². The van der Waals surface area contributed by atoms with Crippen LogP contribution in [0.2, 0.25) is 0 Å². The fraction of sp³-hybridized carbons (Fsp3) is 0.917. The first kappa shape index (κ1) is 14.3. The first-order valence-electron chi connectivity index (χ1n) is 6.09. The topological polar surface area (TPSA) is 70.6 Å². The van der Waals surface area contributed by atoms with Crippen LogP contribution in [0, 0.1) is 5.41 Å². The summed E-state index contributed by atoms with van der Waals surface area (Å²) in [6, 6.07) is 0. The van der Waals surface area contributed by atoms with Gasteiger partial charge in [-0.15, -0.1) is 0 Å². The molecule has 1 rings (SSSR count). The normalized spacial score (nSPS) is 29.8. The van der Waals surface area contributed by atoms with Gasteiger partial charge in [-0.2, -0.15) is 0 Å². The minimum Gasteiger partial charge on any atom is -0.444 e. The van der Waals surface area contributed by atoms with Gasteiger partial charge in [-0.25, -0.2) is 4.79 Å². The minimum atomic E-state index is -0.488. The summed E-state index contributed by atoms with van der Waals surface area (Å²) in [5, 5.41) is 15.8. The molecule has 0 saturated carbocycles. The van der Waals surface area contributed by atoms with Gasteiger partial charge in [0.2, 0.25) is 0 Å². The monoisotopic (exact) mass is 244 g/mol. The zero-order valence-corrected chi connectivity index (χ0v) is 11.2. The molecule has 5 nitrogen and oxygen atoms in total. The molecule has 1 heterocycles. The lowest BCUT2D eigenvalue weighted by atomic mass is 9.78. The van der Waals surface area contributed by atoms with Crippen molar-refractivity contribution in [1.82, 2.24) is 10.6 Å². The number of ether oxygens (including phenoxy) is 1. The highest BCUT2D eigenvalue weighted by atomic mass is 16.6. The first-order chi connectivity index (χ1) is 7.73. The molecule has 0 aromatic rings. The predicted molar refractivity (Wildman–Crippen MR) is 65.8 cm³/mol. The van der Waals surface area contributed by atoms with Crippen LogP contribution in [0.5, 0.6) is 0 Å². The minimum absolute atomic E-state index is 0.276. The van der Waals surface area contributed by atoms with E-state index in [4.69, 9.17) is 4.74 Å². The Hall–Kier alpha value is -0.810. The quantitative estimate of drug-likeness (QED) is 0.674. The third-order valence-corrected chi connectivity index (χ3v) is 3.05. The van der Waals surface area contributed by atoms with E-state index < -0.39 is 17.8 Å². The van der Waals surface area contributed by atoms with Crippen molar-refractivity contribution < 1.29 is 14.6 Å². The standard InChI is InChI=1S/C12H24N2O3/c1-11(2,3)17-10(16)14-8-12(4)5-6-13-7-9(12)15/h9,13,15H,5-8H2,1-4H3,(H,14,16)/t9-,12+/m1/s1. The van der Waals surface area contributed by atoms with Gasteiger partial charge in [0, 0.05) is 18.5 Å². The van der Waals surface area contributed by atoms with Gasteiger partial charge in [-0.05, 0) is 33.7 Å². The van der Waals surface area contributed by atoms with E-state index in [-0.39, 0.29) is 5.41 Å². The molecule has 5 heteroatoms. The van der Waals surface area contributed by atoms with Crippen molar-refractivity contribution in [3.05, 3.63) is 0 Å². The Labute approximate surface area is 103 Å². The molecule has 1 amide bonds. The molecule has 3 N–H and O–H groups in total. The highest BCUT2D eigenvalue weighted by molar-refractivity contribution is 5.67. The lowest BCUT2D eigenvalue weighted by Gasteiger charge is -2.38. The van der Waals surface area contributed by atoms with E-state index >= 15 is 0 Å². The summed E-state index contributed by atoms with van der Waals surface area (Å²) < 4.78 is 5.16. The zero-order valence-electron chi connectivity index (χ0n) is 11.2. The molecule has 100 valence electrons. The molecule has 0 bridgehead atoms. The number of β-amino-alcohol motifs (C(OH)–C–C–N with tert-alkyl or cyclic N) is 1. The summed E-state index contributed by atoms with van der Waals surface area (Å²) in [6.07, 6.45) is -0.0279. The first-order valence-corrected chi connectivity index (χ1v) is 6.09. The summed E-state index contributed by atoms with van der Waals surface area (Å²) in [5.74, 6) is 0. The Morgan fingerprint density at radius 3 is 2.76 bits per heavy atom. The molecular formula is C12H24N2O3. The van der Waals surface area contributed by atoms with Crippen molar-refractivity contribution >= 4 is 6.09 Å². The van der Waals surface area contributed by atoms with Crippen LogP contribution in [0.25, 0.3) is 0 Å². The number of aliphatic hydroxyl groups excluding tert-OH is 1. The number of nitrogens with one attached hydrogen (secondary N) is 2. The van der Waals surface area contributed by atoms with Crippen molar-refractivity contribution in [3.8, 4) is 0 Å². The molecule has 0 aromatic heterocycles. The number of alkyl carbamates (subject to hydrolysis) is 1. The highest BCUT2D eigenvalue weighted by Crippen LogP contribution is 2.27. The summed E-state index contributed by atoms with van der Waals surface area (Å²) in [5.41, 5.74) is -0.764. The van der Waals surface area contributed by atoms with Crippen LogP contribution in [0.1, 0.15) is 34.1 Å². The molecule has 1 aliphatic heterocycles. The van der Waals surface area contributed by atoms with E-state index in [1.807, 2.05) is 27.7 Å². The predicted octanol–water partition coefficient (Wildman–Crippen LogP) is 0.872. The van der Waals surface area contributed by atoms with Crippen LogP contribution >= 0.6 is 0 Å². The maximum Gasteiger partial charge on any atom is 0.407 e. The molecule has 0 aliphatic carbocycles. The van der Waals surface area contributed by atoms with Crippen LogP contribution in [0.3, 0.4) is 0 Å². The van der Waals surface area contributed by atoms with E-state index in [0.717, 1.165) is 13.0 Å². The molecular weight excluding hydrogens is 220 g/mol. The van der Waals surface area contributed by atoms with Gasteiger partial charge >= 0.3 is 6.09 Å². The number of rotatable bonds is 2. The Kier molecular flexibility index (Phi) is 4.38. The van der Waals surface area contributed by atoms with Crippen LogP contribution < -0.4 is 10.6 Å². The molecule has 0 spiro atoms. The number of carbonyl (C=O) groups excluding carboxylic acids is 1. The molecule has 0 radical (unpaired) electrons. The van der Waals surface area contributed by atoms with Crippen LogP contribution in [0.15, 0.2) is 0 Å². The molecule has 0 aromatic carbocycles. The van der Waals surface area contributed by atoms with Crippen LogP contribution in [0.4, 0.5) is 4.79 Å². The van der Waals surface area contributed by atoms with Crippen LogP contribution in [-0.4, -0.2) is 42.5 Å². The maximum atomic E-state index is 11.5. The highest BCUT2D eigenvalue weighted by Gasteiger charge is 2.35. The van der Waals surface area contributed by atoms with Crippen molar-refractivity contribution in [2.45, 2.75) is 45.8 Å². The lowest BCUT2D eigenvalue weighted by Crippen LogP contribution is -2.53. The van der Waals surface area contributed by atoms with E-state index in [2.05, 4.69) is 10.6 Å². The van der Waals surface area contributed by atoms with Gasteiger partial charge in [-0.3, -0.25) is 0 Å². The summed E-state index contributed by atoms with van der Waals surface area (Å²) >= 11 is 0. The number of aliphatic hydroxyl groups is 1. The van der Waals surface area contributed by atoms with E-state index in [1.54, 1.807) is 0 Å². The van der Waals surface area contributed by atoms with Crippen molar-refractivity contribution in [2.24, 2.45) is 5.41 Å². The summed E-state index contributed by atoms with van der Waals surface area (Å²) in [6.45, 7) is 9.34. The third-order valence-electron chi connectivity index (χ3n) is 3.05. The van der Waals surface area contributed by atoms with Crippen molar-refractivity contribution in [3.63, 3.8) is 0 Å². The number of amides is 1. The summed E-state index contributed by atoms with van der Waals surface area (Å²) in [4.78, 5) is 11.5. The van der Waals surface area contributed by atoms with E-state index in [0.29, 0.717) is 13.1 Å². The fourth-order valence-electron chi connectivity index (χ4n) is 1.82. The van der Waals surface area contributed by atoms with Gasteiger partial charge in [0.15, 0.2) is 0 Å². The average molecular weight is 244 g/mol. The third kappa shape index (κ3) is 4.52. The second kappa shape index (κ2) is 5.23. The van der Waals surface area contributed by atoms with Crippen molar-refractivity contribution in [2.75, 3.05) is 19.6 Å². The van der Waals surface area contributed by atoms with Gasteiger partial charge in [0.05, 0.1) is 6.10 Å². The number of carbonyl (C=O) groups is 1. The molecule has 17 heavy (non-hydrogen) atoms.